The van der Waals surface area contributed by atoms with Gasteiger partial charge in [-0.15, -0.1) is 0 Å². The topological polar surface area (TPSA) is 3.24 Å². The fourth-order valence-corrected chi connectivity index (χ4v) is 3.56. The fourth-order valence-electron chi connectivity index (χ4n) is 3.56. The van der Waals surface area contributed by atoms with Crippen LogP contribution in [0.2, 0.25) is 0 Å². The zero-order chi connectivity index (χ0) is 12.1. The highest BCUT2D eigenvalue weighted by atomic mass is 15.1. The third kappa shape index (κ3) is 1.31. The number of rotatable bonds is 0. The van der Waals surface area contributed by atoms with E-state index in [1.807, 2.05) is 0 Å². The molecule has 2 aliphatic rings. The summed E-state index contributed by atoms with van der Waals surface area (Å²) in [5.41, 5.74) is 7.56. The van der Waals surface area contributed by atoms with Crippen molar-refractivity contribution in [3.63, 3.8) is 0 Å². The van der Waals surface area contributed by atoms with E-state index in [0.717, 1.165) is 6.42 Å². The molecule has 1 nitrogen and oxygen atoms in total. The van der Waals surface area contributed by atoms with Gasteiger partial charge in [-0.05, 0) is 47.7 Å². The largest absolute Gasteiger partial charge is 0.299 e. The molecule has 0 amide bonds. The molecule has 1 aliphatic carbocycles. The van der Waals surface area contributed by atoms with E-state index in [1.165, 1.54) is 29.7 Å². The Morgan fingerprint density at radius 2 is 1.72 bits per heavy atom. The lowest BCUT2D eigenvalue weighted by atomic mass is 9.77. The summed E-state index contributed by atoms with van der Waals surface area (Å²) in [7, 11) is 2.26. The Morgan fingerprint density at radius 1 is 0.944 bits per heavy atom. The van der Waals surface area contributed by atoms with Crippen LogP contribution in [0, 0.1) is 0 Å². The van der Waals surface area contributed by atoms with E-state index >= 15 is 0 Å². The molecule has 1 aliphatic heterocycles. The molecular weight excluding hydrogens is 218 g/mol. The summed E-state index contributed by atoms with van der Waals surface area (Å²) in [5, 5.41) is 0. The Balaban J connectivity index is 2.03. The highest BCUT2D eigenvalue weighted by Crippen LogP contribution is 2.44. The highest BCUT2D eigenvalue weighted by molar-refractivity contribution is 5.75. The van der Waals surface area contributed by atoms with Crippen LogP contribution in [-0.4, -0.2) is 18.5 Å². The van der Waals surface area contributed by atoms with Gasteiger partial charge in [-0.3, -0.25) is 4.90 Å². The minimum absolute atomic E-state index is 0.583. The maximum atomic E-state index is 2.52. The van der Waals surface area contributed by atoms with Crippen LogP contribution in [0.5, 0.6) is 0 Å². The summed E-state index contributed by atoms with van der Waals surface area (Å²) in [6.45, 7) is 1.18. The smallest absolute Gasteiger partial charge is 0.0394 e. The van der Waals surface area contributed by atoms with Gasteiger partial charge in [0.05, 0.1) is 0 Å². The van der Waals surface area contributed by atoms with Crippen molar-refractivity contribution in [1.29, 1.82) is 0 Å². The lowest BCUT2D eigenvalue weighted by molar-refractivity contribution is 0.228. The average molecular weight is 235 g/mol. The van der Waals surface area contributed by atoms with E-state index < -0.39 is 0 Å². The van der Waals surface area contributed by atoms with Crippen molar-refractivity contribution in [2.75, 3.05) is 13.6 Å². The maximum Gasteiger partial charge on any atom is 0.0394 e. The van der Waals surface area contributed by atoms with Crippen LogP contribution in [0.15, 0.2) is 42.5 Å². The van der Waals surface area contributed by atoms with E-state index in [4.69, 9.17) is 0 Å². The summed E-state index contributed by atoms with van der Waals surface area (Å²) in [6.07, 6.45) is 2.36. The van der Waals surface area contributed by atoms with Gasteiger partial charge < -0.3 is 0 Å². The summed E-state index contributed by atoms with van der Waals surface area (Å²) in [5.74, 6) is 0. The normalized spacial score (nSPS) is 21.3. The summed E-state index contributed by atoms with van der Waals surface area (Å²) in [4.78, 5) is 2.52. The molecule has 0 unspecified atom stereocenters. The van der Waals surface area contributed by atoms with Crippen LogP contribution in [0.4, 0.5) is 0 Å². The molecule has 0 saturated carbocycles. The molecule has 1 heterocycles. The maximum absolute atomic E-state index is 2.52. The molecule has 18 heavy (non-hydrogen) atoms. The Kier molecular flexibility index (Phi) is 2.12. The highest BCUT2D eigenvalue weighted by Gasteiger charge is 2.31. The average Bonchev–Trinajstić information content (AvgIpc) is 2.43. The van der Waals surface area contributed by atoms with Crippen molar-refractivity contribution < 1.29 is 0 Å². The Bertz CT molecular complexity index is 615. The molecule has 0 aromatic heterocycles. The van der Waals surface area contributed by atoms with Gasteiger partial charge in [0.15, 0.2) is 0 Å². The van der Waals surface area contributed by atoms with Crippen LogP contribution < -0.4 is 0 Å². The summed E-state index contributed by atoms with van der Waals surface area (Å²) >= 11 is 0. The van der Waals surface area contributed by atoms with Crippen LogP contribution in [0.1, 0.15) is 22.7 Å². The van der Waals surface area contributed by atoms with Crippen molar-refractivity contribution in [3.8, 4) is 11.1 Å². The van der Waals surface area contributed by atoms with Crippen LogP contribution in [-0.2, 0) is 12.8 Å². The molecule has 0 saturated heterocycles. The second-order valence-corrected chi connectivity index (χ2v) is 5.49. The number of hydrogen-bond acceptors (Lipinski definition) is 1. The third-order valence-electron chi connectivity index (χ3n) is 4.52. The Hall–Kier alpha value is -1.60. The predicted octanol–water partition coefficient (Wildman–Crippen LogP) is 3.44. The molecule has 1 heteroatoms. The lowest BCUT2D eigenvalue weighted by Gasteiger charge is -2.39. The molecule has 0 fully saturated rings. The Morgan fingerprint density at radius 3 is 2.67 bits per heavy atom. The first-order chi connectivity index (χ1) is 8.84. The van der Waals surface area contributed by atoms with Gasteiger partial charge in [0, 0.05) is 12.6 Å². The van der Waals surface area contributed by atoms with Gasteiger partial charge >= 0.3 is 0 Å². The van der Waals surface area contributed by atoms with E-state index in [2.05, 4.69) is 54.4 Å². The minimum Gasteiger partial charge on any atom is -0.299 e. The van der Waals surface area contributed by atoms with Gasteiger partial charge in [-0.2, -0.15) is 0 Å². The predicted molar refractivity (Wildman–Crippen MR) is 74.7 cm³/mol. The van der Waals surface area contributed by atoms with E-state index in [0.29, 0.717) is 6.04 Å². The Labute approximate surface area is 108 Å². The molecule has 2 aromatic carbocycles. The van der Waals surface area contributed by atoms with Crippen molar-refractivity contribution in [1.82, 2.24) is 4.90 Å². The molecular formula is C17H17N. The fraction of sp³-hybridized carbons (Fsp3) is 0.294. The number of hydrogen-bond donors (Lipinski definition) is 0. The first-order valence-electron chi connectivity index (χ1n) is 6.75. The summed E-state index contributed by atoms with van der Waals surface area (Å²) in [6, 6.07) is 16.3. The standard InChI is InChI=1S/C17H17N/c1-18-10-9-12-6-4-8-15-14-7-3-2-5-13(14)11-16(18)17(12)15/h2-8,16H,9-11H2,1H3/t16-/m0/s1. The SMILES string of the molecule is CN1CCc2cccc3c2[C@@H]1Cc1ccccc1-3. The van der Waals surface area contributed by atoms with Crippen LogP contribution in [0.3, 0.4) is 0 Å². The molecule has 0 bridgehead atoms. The van der Waals surface area contributed by atoms with Crippen LogP contribution >= 0.6 is 0 Å². The molecule has 0 spiro atoms. The molecule has 2 aromatic rings. The van der Waals surface area contributed by atoms with Gasteiger partial charge in [-0.1, -0.05) is 42.5 Å². The van der Waals surface area contributed by atoms with Crippen molar-refractivity contribution in [3.05, 3.63) is 59.2 Å². The van der Waals surface area contributed by atoms with E-state index in [-0.39, 0.29) is 0 Å². The molecule has 0 N–H and O–H groups in total. The van der Waals surface area contributed by atoms with Gasteiger partial charge in [-0.25, -0.2) is 0 Å². The first-order valence-corrected chi connectivity index (χ1v) is 6.75. The molecule has 0 radical (unpaired) electrons. The van der Waals surface area contributed by atoms with Gasteiger partial charge in [0.2, 0.25) is 0 Å². The lowest BCUT2D eigenvalue weighted by Crippen LogP contribution is -2.35. The number of likely N-dealkylation sites (N-methyl/N-ethyl adjacent to an activating group) is 1. The third-order valence-corrected chi connectivity index (χ3v) is 4.52. The van der Waals surface area contributed by atoms with Gasteiger partial charge in [0.1, 0.15) is 0 Å². The first kappa shape index (κ1) is 10.3. The molecule has 90 valence electrons. The minimum atomic E-state index is 0.583. The second kappa shape index (κ2) is 3.69. The number of benzene rings is 2. The quantitative estimate of drug-likeness (QED) is 0.676. The zero-order valence-electron chi connectivity index (χ0n) is 10.7. The molecule has 4 rings (SSSR count). The zero-order valence-corrected chi connectivity index (χ0v) is 10.7. The van der Waals surface area contributed by atoms with Crippen molar-refractivity contribution in [2.45, 2.75) is 18.9 Å². The number of fused-ring (bicyclic) bond motifs is 2. The van der Waals surface area contributed by atoms with E-state index in [1.54, 1.807) is 11.1 Å². The summed E-state index contributed by atoms with van der Waals surface area (Å²) < 4.78 is 0. The van der Waals surface area contributed by atoms with Gasteiger partial charge in [0.25, 0.3) is 0 Å². The second-order valence-electron chi connectivity index (χ2n) is 5.49. The number of nitrogens with zero attached hydrogens (tertiary/aromatic N) is 1. The van der Waals surface area contributed by atoms with Crippen LogP contribution in [0.25, 0.3) is 11.1 Å². The monoisotopic (exact) mass is 235 g/mol. The van der Waals surface area contributed by atoms with Crippen molar-refractivity contribution >= 4 is 0 Å². The molecule has 1 atom stereocenters. The van der Waals surface area contributed by atoms with E-state index in [9.17, 15) is 0 Å². The van der Waals surface area contributed by atoms with Crippen molar-refractivity contribution in [2.24, 2.45) is 0 Å².